The Bertz CT molecular complexity index is 922. The first-order valence-corrected chi connectivity index (χ1v) is 9.12. The van der Waals surface area contributed by atoms with Crippen LogP contribution < -0.4 is 14.9 Å². The predicted octanol–water partition coefficient (Wildman–Crippen LogP) is 1.10. The number of nitrogens with one attached hydrogen (secondary N) is 2. The summed E-state index contributed by atoms with van der Waals surface area (Å²) < 4.78 is 30.0. The van der Waals surface area contributed by atoms with Crippen molar-refractivity contribution in [2.75, 3.05) is 27.2 Å². The van der Waals surface area contributed by atoms with E-state index in [1.165, 1.54) is 16.4 Å². The first kappa shape index (κ1) is 17.0. The van der Waals surface area contributed by atoms with E-state index in [0.717, 1.165) is 0 Å². The van der Waals surface area contributed by atoms with E-state index in [9.17, 15) is 18.0 Å². The lowest BCUT2D eigenvalue weighted by Crippen LogP contribution is -2.29. The van der Waals surface area contributed by atoms with E-state index in [1.54, 1.807) is 25.1 Å². The van der Waals surface area contributed by atoms with Gasteiger partial charge in [-0.25, -0.2) is 8.42 Å². The molecule has 2 N–H and O–H groups in total. The zero-order valence-corrected chi connectivity index (χ0v) is 14.2. The molecule has 0 spiro atoms. The largest absolute Gasteiger partial charge is 0.360 e. The minimum Gasteiger partial charge on any atom is -0.360 e. The van der Waals surface area contributed by atoms with Crippen LogP contribution in [-0.4, -0.2) is 37.7 Å². The van der Waals surface area contributed by atoms with Crippen LogP contribution >= 0.6 is 0 Å². The minimum absolute atomic E-state index is 0.100. The van der Waals surface area contributed by atoms with Gasteiger partial charge in [-0.05, 0) is 31.5 Å². The summed E-state index contributed by atoms with van der Waals surface area (Å²) in [4.78, 5) is 23.8. The van der Waals surface area contributed by atoms with Gasteiger partial charge in [-0.1, -0.05) is 11.2 Å². The van der Waals surface area contributed by atoms with Crippen molar-refractivity contribution >= 4 is 39.0 Å². The first-order chi connectivity index (χ1) is 11.8. The molecule has 0 bridgehead atoms. The summed E-state index contributed by atoms with van der Waals surface area (Å²) in [5.74, 6) is -1.08. The van der Waals surface area contributed by atoms with Crippen LogP contribution in [0.5, 0.6) is 0 Å². The molecule has 1 aliphatic rings. The molecular formula is C15H16N4O5S. The summed E-state index contributed by atoms with van der Waals surface area (Å²) in [5, 5.41) is 8.30. The van der Waals surface area contributed by atoms with E-state index in [2.05, 4.69) is 15.8 Å². The second-order valence-electron chi connectivity index (χ2n) is 5.52. The van der Waals surface area contributed by atoms with Gasteiger partial charge in [0.25, 0.3) is 0 Å². The molecule has 9 nitrogen and oxygen atoms in total. The van der Waals surface area contributed by atoms with Gasteiger partial charge in [0.1, 0.15) is 5.76 Å². The third-order valence-corrected chi connectivity index (χ3v) is 5.44. The van der Waals surface area contributed by atoms with E-state index in [-0.39, 0.29) is 11.6 Å². The lowest BCUT2D eigenvalue weighted by Gasteiger charge is -2.17. The summed E-state index contributed by atoms with van der Waals surface area (Å²) >= 11 is 0. The number of amides is 2. The third-order valence-electron chi connectivity index (χ3n) is 3.57. The monoisotopic (exact) mass is 364 g/mol. The lowest BCUT2D eigenvalue weighted by atomic mass is 10.2. The number of aryl methyl sites for hydroxylation is 1. The van der Waals surface area contributed by atoms with E-state index in [1.807, 2.05) is 0 Å². The molecule has 2 aromatic rings. The number of benzene rings is 1. The highest BCUT2D eigenvalue weighted by molar-refractivity contribution is 7.93. The van der Waals surface area contributed by atoms with Crippen molar-refractivity contribution in [3.05, 3.63) is 36.1 Å². The van der Waals surface area contributed by atoms with Gasteiger partial charge < -0.3 is 9.84 Å². The van der Waals surface area contributed by atoms with Gasteiger partial charge in [0.05, 0.1) is 11.4 Å². The summed E-state index contributed by atoms with van der Waals surface area (Å²) in [7, 11) is -3.32. The first-order valence-electron chi connectivity index (χ1n) is 7.51. The highest BCUT2D eigenvalue weighted by Gasteiger charge is 2.28. The van der Waals surface area contributed by atoms with Gasteiger partial charge >= 0.3 is 11.8 Å². The molecule has 1 aromatic carbocycles. The molecule has 0 aliphatic carbocycles. The molecule has 3 rings (SSSR count). The minimum atomic E-state index is -3.32. The molecule has 0 saturated carbocycles. The van der Waals surface area contributed by atoms with Gasteiger partial charge in [0, 0.05) is 18.3 Å². The molecule has 132 valence electrons. The van der Waals surface area contributed by atoms with Crippen molar-refractivity contribution in [3.63, 3.8) is 0 Å². The maximum atomic E-state index is 12.0. The zero-order chi connectivity index (χ0) is 18.0. The van der Waals surface area contributed by atoms with Crippen LogP contribution in [0.4, 0.5) is 17.2 Å². The summed E-state index contributed by atoms with van der Waals surface area (Å²) in [6.07, 6.45) is 0.554. The quantitative estimate of drug-likeness (QED) is 0.787. The molecule has 2 heterocycles. The van der Waals surface area contributed by atoms with Gasteiger partial charge in [-0.2, -0.15) is 0 Å². The van der Waals surface area contributed by atoms with Crippen LogP contribution in [0.3, 0.4) is 0 Å². The summed E-state index contributed by atoms with van der Waals surface area (Å²) in [5.41, 5.74) is 0.763. The van der Waals surface area contributed by atoms with Crippen molar-refractivity contribution < 1.29 is 22.5 Å². The van der Waals surface area contributed by atoms with Crippen molar-refractivity contribution in [2.24, 2.45) is 0 Å². The van der Waals surface area contributed by atoms with Crippen molar-refractivity contribution in [3.8, 4) is 0 Å². The highest BCUT2D eigenvalue weighted by atomic mass is 32.2. The molecule has 25 heavy (non-hydrogen) atoms. The lowest BCUT2D eigenvalue weighted by molar-refractivity contribution is -0.133. The Morgan fingerprint density at radius 3 is 2.60 bits per heavy atom. The predicted molar refractivity (Wildman–Crippen MR) is 90.7 cm³/mol. The molecule has 0 unspecified atom stereocenters. The maximum Gasteiger partial charge on any atom is 0.315 e. The van der Waals surface area contributed by atoms with Gasteiger partial charge in [-0.15, -0.1) is 0 Å². The Morgan fingerprint density at radius 1 is 1.20 bits per heavy atom. The molecule has 1 aromatic heterocycles. The Labute approximate surface area is 144 Å². The Kier molecular flexibility index (Phi) is 4.45. The maximum absolute atomic E-state index is 12.0. The van der Waals surface area contributed by atoms with Crippen LogP contribution in [-0.2, 0) is 19.6 Å². The average molecular weight is 364 g/mol. The van der Waals surface area contributed by atoms with Crippen LogP contribution in [0.15, 0.2) is 34.9 Å². The molecule has 1 fully saturated rings. The van der Waals surface area contributed by atoms with Crippen molar-refractivity contribution in [2.45, 2.75) is 13.3 Å². The summed E-state index contributed by atoms with van der Waals surface area (Å²) in [6.45, 7) is 2.05. The van der Waals surface area contributed by atoms with Crippen LogP contribution in [0.25, 0.3) is 0 Å². The number of rotatable bonds is 3. The number of sulfonamides is 1. The zero-order valence-electron chi connectivity index (χ0n) is 13.4. The topological polar surface area (TPSA) is 122 Å². The van der Waals surface area contributed by atoms with E-state index < -0.39 is 21.8 Å². The van der Waals surface area contributed by atoms with Crippen molar-refractivity contribution in [1.29, 1.82) is 0 Å². The second-order valence-corrected chi connectivity index (χ2v) is 7.54. The SMILES string of the molecule is Cc1cc(NC(=O)C(=O)Nc2cccc(N3CCCS3(=O)=O)c2)no1. The number of anilines is 3. The Morgan fingerprint density at radius 2 is 1.96 bits per heavy atom. The van der Waals surface area contributed by atoms with Gasteiger partial charge in [-0.3, -0.25) is 19.2 Å². The van der Waals surface area contributed by atoms with E-state index in [0.29, 0.717) is 30.1 Å². The normalized spacial score (nSPS) is 15.8. The standard InChI is InChI=1S/C15H16N4O5S/c1-10-8-13(18-24-10)17-15(21)14(20)16-11-4-2-5-12(9-11)19-6-3-7-25(19,22)23/h2,4-5,8-9H,3,6-7H2,1H3,(H,16,20)(H,17,18,21). The summed E-state index contributed by atoms with van der Waals surface area (Å²) in [6, 6.07) is 7.80. The number of nitrogens with zero attached hydrogens (tertiary/aromatic N) is 2. The average Bonchev–Trinajstić information content (AvgIpc) is 3.12. The molecule has 10 heteroatoms. The van der Waals surface area contributed by atoms with E-state index >= 15 is 0 Å². The Hall–Kier alpha value is -2.88. The second kappa shape index (κ2) is 6.55. The molecule has 2 amide bonds. The van der Waals surface area contributed by atoms with Gasteiger partial charge in [0.2, 0.25) is 10.0 Å². The molecular weight excluding hydrogens is 348 g/mol. The molecule has 1 saturated heterocycles. The molecule has 1 aliphatic heterocycles. The Balaban J connectivity index is 1.69. The van der Waals surface area contributed by atoms with Crippen LogP contribution in [0.1, 0.15) is 12.2 Å². The fraction of sp³-hybridized carbons (Fsp3) is 0.267. The van der Waals surface area contributed by atoms with Crippen LogP contribution in [0, 0.1) is 6.92 Å². The fourth-order valence-corrected chi connectivity index (χ4v) is 4.01. The number of aromatic nitrogens is 1. The number of hydrogen-bond donors (Lipinski definition) is 2. The molecule has 0 radical (unpaired) electrons. The van der Waals surface area contributed by atoms with Crippen molar-refractivity contribution in [1.82, 2.24) is 5.16 Å². The van der Waals surface area contributed by atoms with Crippen LogP contribution in [0.2, 0.25) is 0 Å². The number of carbonyl (C=O) groups is 2. The highest BCUT2D eigenvalue weighted by Crippen LogP contribution is 2.26. The van der Waals surface area contributed by atoms with E-state index in [4.69, 9.17) is 4.52 Å². The fourth-order valence-electron chi connectivity index (χ4n) is 2.45. The van der Waals surface area contributed by atoms with Gasteiger partial charge in [0.15, 0.2) is 5.82 Å². The molecule has 0 atom stereocenters. The number of hydrogen-bond acceptors (Lipinski definition) is 6. The third kappa shape index (κ3) is 3.79. The smallest absolute Gasteiger partial charge is 0.315 e. The number of carbonyl (C=O) groups excluding carboxylic acids is 2.